The zero-order valence-electron chi connectivity index (χ0n) is 13.3. The molecule has 0 aromatic rings. The fourth-order valence-corrected chi connectivity index (χ4v) is 2.80. The minimum Gasteiger partial charge on any atom is -0.450 e. The van der Waals surface area contributed by atoms with Crippen molar-refractivity contribution in [3.63, 3.8) is 0 Å². The number of nitrogens with one attached hydrogen (secondary N) is 1. The van der Waals surface area contributed by atoms with Crippen LogP contribution in [0.5, 0.6) is 0 Å². The molecule has 5 nitrogen and oxygen atoms in total. The van der Waals surface area contributed by atoms with Gasteiger partial charge in [-0.1, -0.05) is 13.8 Å². The van der Waals surface area contributed by atoms with Crippen LogP contribution in [-0.4, -0.2) is 54.0 Å². The Labute approximate surface area is 122 Å². The first kappa shape index (κ1) is 17.2. The maximum absolute atomic E-state index is 11.6. The Morgan fingerprint density at radius 3 is 2.55 bits per heavy atom. The fourth-order valence-electron chi connectivity index (χ4n) is 2.80. The van der Waals surface area contributed by atoms with E-state index in [9.17, 15) is 9.90 Å². The van der Waals surface area contributed by atoms with Crippen molar-refractivity contribution in [2.45, 2.75) is 58.6 Å². The Kier molecular flexibility index (Phi) is 6.76. The average Bonchev–Trinajstić information content (AvgIpc) is 2.36. The topological polar surface area (TPSA) is 61.8 Å². The van der Waals surface area contributed by atoms with E-state index in [1.807, 2.05) is 13.8 Å². The molecule has 0 saturated carbocycles. The number of piperidine rings is 1. The predicted octanol–water partition coefficient (Wildman–Crippen LogP) is 1.99. The molecule has 1 aliphatic heterocycles. The standard InChI is InChI=1S/C15H30N2O3/c1-5-20-14(18)17-8-6-13(7-9-17)16-11-15(4,19)10-12(2)3/h12-13,16,19H,5-11H2,1-4H3. The predicted molar refractivity (Wildman–Crippen MR) is 79.7 cm³/mol. The smallest absolute Gasteiger partial charge is 0.409 e. The second-order valence-corrected chi connectivity index (χ2v) is 6.44. The molecule has 1 heterocycles. The van der Waals surface area contributed by atoms with Crippen LogP contribution in [-0.2, 0) is 4.74 Å². The summed E-state index contributed by atoms with van der Waals surface area (Å²) in [5.41, 5.74) is -0.660. The molecular formula is C15H30N2O3. The number of nitrogens with zero attached hydrogens (tertiary/aromatic N) is 1. The van der Waals surface area contributed by atoms with Crippen LogP contribution in [0.1, 0.15) is 47.0 Å². The Hall–Kier alpha value is -0.810. The molecule has 0 bridgehead atoms. The van der Waals surface area contributed by atoms with Gasteiger partial charge in [0.25, 0.3) is 0 Å². The Bertz CT molecular complexity index is 297. The van der Waals surface area contributed by atoms with Gasteiger partial charge < -0.3 is 20.1 Å². The van der Waals surface area contributed by atoms with Crippen LogP contribution in [0, 0.1) is 5.92 Å². The Morgan fingerprint density at radius 1 is 1.45 bits per heavy atom. The van der Waals surface area contributed by atoms with Crippen molar-refractivity contribution < 1.29 is 14.6 Å². The van der Waals surface area contributed by atoms with Crippen LogP contribution >= 0.6 is 0 Å². The van der Waals surface area contributed by atoms with Gasteiger partial charge in [0, 0.05) is 25.7 Å². The number of rotatable bonds is 6. The summed E-state index contributed by atoms with van der Waals surface area (Å²) < 4.78 is 5.00. The lowest BCUT2D eigenvalue weighted by atomic mass is 9.93. The maximum Gasteiger partial charge on any atom is 0.409 e. The van der Waals surface area contributed by atoms with Gasteiger partial charge >= 0.3 is 6.09 Å². The molecular weight excluding hydrogens is 256 g/mol. The lowest BCUT2D eigenvalue weighted by Gasteiger charge is -2.34. The van der Waals surface area contributed by atoms with Gasteiger partial charge in [-0.05, 0) is 39.0 Å². The summed E-state index contributed by atoms with van der Waals surface area (Å²) in [4.78, 5) is 13.3. The summed E-state index contributed by atoms with van der Waals surface area (Å²) in [7, 11) is 0. The highest BCUT2D eigenvalue weighted by Crippen LogP contribution is 2.17. The Morgan fingerprint density at radius 2 is 2.05 bits per heavy atom. The number of hydrogen-bond acceptors (Lipinski definition) is 4. The van der Waals surface area contributed by atoms with E-state index in [0.717, 1.165) is 32.4 Å². The lowest BCUT2D eigenvalue weighted by Crippen LogP contribution is -2.49. The van der Waals surface area contributed by atoms with Crippen molar-refractivity contribution >= 4 is 6.09 Å². The third kappa shape index (κ3) is 6.09. The summed E-state index contributed by atoms with van der Waals surface area (Å²) in [5.74, 6) is 0.484. The molecule has 118 valence electrons. The van der Waals surface area contributed by atoms with Gasteiger partial charge in [0.2, 0.25) is 0 Å². The number of ether oxygens (including phenoxy) is 1. The molecule has 2 N–H and O–H groups in total. The monoisotopic (exact) mass is 286 g/mol. The van der Waals surface area contributed by atoms with E-state index in [4.69, 9.17) is 4.74 Å². The van der Waals surface area contributed by atoms with E-state index in [1.54, 1.807) is 4.90 Å². The minimum absolute atomic E-state index is 0.210. The first-order valence-electron chi connectivity index (χ1n) is 7.71. The molecule has 1 atom stereocenters. The molecule has 1 unspecified atom stereocenters. The van der Waals surface area contributed by atoms with Crippen molar-refractivity contribution in [3.8, 4) is 0 Å². The highest BCUT2D eigenvalue weighted by Gasteiger charge is 2.26. The van der Waals surface area contributed by atoms with Gasteiger partial charge in [-0.2, -0.15) is 0 Å². The van der Waals surface area contributed by atoms with Gasteiger partial charge in [0.15, 0.2) is 0 Å². The van der Waals surface area contributed by atoms with Crippen molar-refractivity contribution in [3.05, 3.63) is 0 Å². The third-order valence-corrected chi connectivity index (χ3v) is 3.64. The van der Waals surface area contributed by atoms with E-state index in [-0.39, 0.29) is 6.09 Å². The van der Waals surface area contributed by atoms with Gasteiger partial charge in [-0.15, -0.1) is 0 Å². The zero-order chi connectivity index (χ0) is 15.2. The number of carbonyl (C=O) groups excluding carboxylic acids is 1. The minimum atomic E-state index is -0.660. The number of amides is 1. The summed E-state index contributed by atoms with van der Waals surface area (Å²) in [6.45, 7) is 10.4. The second-order valence-electron chi connectivity index (χ2n) is 6.44. The number of likely N-dealkylation sites (tertiary alicyclic amines) is 1. The summed E-state index contributed by atoms with van der Waals surface area (Å²) in [5, 5.41) is 13.7. The van der Waals surface area contributed by atoms with Crippen LogP contribution in [0.3, 0.4) is 0 Å². The van der Waals surface area contributed by atoms with Crippen molar-refractivity contribution in [2.75, 3.05) is 26.2 Å². The van der Waals surface area contributed by atoms with E-state index >= 15 is 0 Å². The second kappa shape index (κ2) is 7.84. The molecule has 0 aromatic heterocycles. The molecule has 1 fully saturated rings. The van der Waals surface area contributed by atoms with Crippen molar-refractivity contribution in [1.29, 1.82) is 0 Å². The first-order chi connectivity index (χ1) is 9.34. The average molecular weight is 286 g/mol. The van der Waals surface area contributed by atoms with Crippen molar-refractivity contribution in [2.24, 2.45) is 5.92 Å². The molecule has 0 radical (unpaired) electrons. The molecule has 0 spiro atoms. The van der Waals surface area contributed by atoms with E-state index in [2.05, 4.69) is 19.2 Å². The number of hydrogen-bond donors (Lipinski definition) is 2. The lowest BCUT2D eigenvalue weighted by molar-refractivity contribution is 0.0325. The fraction of sp³-hybridized carbons (Fsp3) is 0.933. The summed E-state index contributed by atoms with van der Waals surface area (Å²) in [6.07, 6.45) is 2.41. The largest absolute Gasteiger partial charge is 0.450 e. The SMILES string of the molecule is CCOC(=O)N1CCC(NCC(C)(O)CC(C)C)CC1. The van der Waals surface area contributed by atoms with Crippen LogP contribution in [0.25, 0.3) is 0 Å². The van der Waals surface area contributed by atoms with Gasteiger partial charge in [-0.3, -0.25) is 0 Å². The van der Waals surface area contributed by atoms with Crippen LogP contribution in [0.15, 0.2) is 0 Å². The summed E-state index contributed by atoms with van der Waals surface area (Å²) in [6, 6.07) is 0.374. The summed E-state index contributed by atoms with van der Waals surface area (Å²) >= 11 is 0. The normalized spacial score (nSPS) is 20.0. The number of carbonyl (C=O) groups is 1. The van der Waals surface area contributed by atoms with Crippen molar-refractivity contribution in [1.82, 2.24) is 10.2 Å². The highest BCUT2D eigenvalue weighted by molar-refractivity contribution is 5.67. The Balaban J connectivity index is 2.27. The zero-order valence-corrected chi connectivity index (χ0v) is 13.3. The number of aliphatic hydroxyl groups is 1. The molecule has 1 rings (SSSR count). The van der Waals surface area contributed by atoms with E-state index < -0.39 is 5.60 Å². The van der Waals surface area contributed by atoms with Crippen LogP contribution in [0.4, 0.5) is 4.79 Å². The maximum atomic E-state index is 11.6. The third-order valence-electron chi connectivity index (χ3n) is 3.64. The van der Waals surface area contributed by atoms with Crippen LogP contribution < -0.4 is 5.32 Å². The highest BCUT2D eigenvalue weighted by atomic mass is 16.6. The quantitative estimate of drug-likeness (QED) is 0.784. The molecule has 5 heteroatoms. The van der Waals surface area contributed by atoms with Gasteiger partial charge in [0.1, 0.15) is 0 Å². The van der Waals surface area contributed by atoms with Gasteiger partial charge in [-0.25, -0.2) is 4.79 Å². The first-order valence-corrected chi connectivity index (χ1v) is 7.71. The van der Waals surface area contributed by atoms with Gasteiger partial charge in [0.05, 0.1) is 12.2 Å². The van der Waals surface area contributed by atoms with E-state index in [1.165, 1.54) is 0 Å². The molecule has 0 aromatic carbocycles. The van der Waals surface area contributed by atoms with E-state index in [0.29, 0.717) is 25.1 Å². The molecule has 1 amide bonds. The molecule has 1 saturated heterocycles. The molecule has 1 aliphatic rings. The van der Waals surface area contributed by atoms with Crippen LogP contribution in [0.2, 0.25) is 0 Å². The molecule has 20 heavy (non-hydrogen) atoms. The molecule has 0 aliphatic carbocycles.